The van der Waals surface area contributed by atoms with Gasteiger partial charge in [0.05, 0.1) is 26.7 Å². The van der Waals surface area contributed by atoms with Gasteiger partial charge in [-0.25, -0.2) is 0 Å². The topological polar surface area (TPSA) is 105 Å². The van der Waals surface area contributed by atoms with Gasteiger partial charge in [-0.05, 0) is 38.0 Å². The van der Waals surface area contributed by atoms with Crippen molar-refractivity contribution < 1.29 is 34.3 Å². The maximum absolute atomic E-state index is 13.0. The molecule has 0 radical (unpaired) electrons. The summed E-state index contributed by atoms with van der Waals surface area (Å²) in [6.07, 6.45) is 0.309. The molecule has 7 heteroatoms. The second-order valence-electron chi connectivity index (χ2n) is 6.58. The van der Waals surface area contributed by atoms with Crippen LogP contribution in [0, 0.1) is 19.8 Å². The Bertz CT molecular complexity index is 892. The Morgan fingerprint density at radius 2 is 1.59 bits per heavy atom. The molecule has 2 aromatic carbocycles. The minimum Gasteiger partial charge on any atom is -0.507 e. The van der Waals surface area contributed by atoms with Crippen LogP contribution in [0.3, 0.4) is 0 Å². The van der Waals surface area contributed by atoms with Gasteiger partial charge in [-0.1, -0.05) is 0 Å². The number of carbonyl (C=O) groups excluding carboxylic acids is 1. The molecule has 1 unspecified atom stereocenters. The van der Waals surface area contributed by atoms with Crippen LogP contribution in [0.25, 0.3) is 0 Å². The van der Waals surface area contributed by atoms with Crippen molar-refractivity contribution in [3.05, 3.63) is 34.4 Å². The van der Waals surface area contributed by atoms with E-state index < -0.39 is 5.92 Å². The highest BCUT2D eigenvalue weighted by atomic mass is 16.5. The minimum atomic E-state index is -0.536. The highest BCUT2D eigenvalue weighted by molar-refractivity contribution is 6.05. The molecule has 1 atom stereocenters. The Morgan fingerprint density at radius 3 is 2.15 bits per heavy atom. The Labute approximate surface area is 156 Å². The molecule has 7 nitrogen and oxygen atoms in total. The number of hydrogen-bond acceptors (Lipinski definition) is 7. The number of ketones is 1. The summed E-state index contributed by atoms with van der Waals surface area (Å²) in [5, 5.41) is 30.5. The van der Waals surface area contributed by atoms with Crippen LogP contribution in [0.1, 0.15) is 27.0 Å². The van der Waals surface area contributed by atoms with Gasteiger partial charge < -0.3 is 29.5 Å². The number of hydrogen-bond donors (Lipinski definition) is 3. The number of carbonyl (C=O) groups is 1. The van der Waals surface area contributed by atoms with E-state index in [1.54, 1.807) is 26.0 Å². The first-order valence-corrected chi connectivity index (χ1v) is 8.46. The smallest absolute Gasteiger partial charge is 0.200 e. The lowest BCUT2D eigenvalue weighted by atomic mass is 9.86. The van der Waals surface area contributed by atoms with Gasteiger partial charge in [-0.3, -0.25) is 4.79 Å². The van der Waals surface area contributed by atoms with E-state index in [9.17, 15) is 20.1 Å². The lowest BCUT2D eigenvalue weighted by Crippen LogP contribution is -2.30. The molecule has 0 saturated carbocycles. The molecule has 0 spiro atoms. The molecule has 0 saturated heterocycles. The summed E-state index contributed by atoms with van der Waals surface area (Å²) in [7, 11) is 2.86. The fourth-order valence-corrected chi connectivity index (χ4v) is 3.36. The average Bonchev–Trinajstić information content (AvgIpc) is 2.67. The SMILES string of the molecule is COc1cc(CC2COc3c(C)c(O)c(C)c(O)c3C2=O)cc(OC)c1O. The Balaban J connectivity index is 1.97. The van der Waals surface area contributed by atoms with E-state index in [4.69, 9.17) is 14.2 Å². The number of fused-ring (bicyclic) bond motifs is 1. The van der Waals surface area contributed by atoms with Gasteiger partial charge in [0, 0.05) is 11.1 Å². The van der Waals surface area contributed by atoms with Crippen molar-refractivity contribution in [1.29, 1.82) is 0 Å². The molecule has 3 rings (SSSR count). The summed E-state index contributed by atoms with van der Waals surface area (Å²) in [4.78, 5) is 13.0. The quantitative estimate of drug-likeness (QED) is 0.756. The fourth-order valence-electron chi connectivity index (χ4n) is 3.36. The molecule has 0 bridgehead atoms. The zero-order valence-corrected chi connectivity index (χ0v) is 15.6. The number of aromatic hydroxyl groups is 3. The van der Waals surface area contributed by atoms with Crippen LogP contribution < -0.4 is 14.2 Å². The fraction of sp³-hybridized carbons (Fsp3) is 0.350. The second-order valence-corrected chi connectivity index (χ2v) is 6.58. The van der Waals surface area contributed by atoms with E-state index in [1.807, 2.05) is 0 Å². The molecule has 0 aromatic heterocycles. The summed E-state index contributed by atoms with van der Waals surface area (Å²) < 4.78 is 16.0. The molecule has 0 amide bonds. The van der Waals surface area contributed by atoms with E-state index in [2.05, 4.69) is 0 Å². The molecule has 1 aliphatic heterocycles. The lowest BCUT2D eigenvalue weighted by Gasteiger charge is -2.27. The molecule has 0 fully saturated rings. The van der Waals surface area contributed by atoms with Crippen molar-refractivity contribution in [2.75, 3.05) is 20.8 Å². The number of methoxy groups -OCH3 is 2. The summed E-state index contributed by atoms with van der Waals surface area (Å²) in [5.74, 6) is -0.537. The van der Waals surface area contributed by atoms with Crippen LogP contribution in [-0.2, 0) is 6.42 Å². The van der Waals surface area contributed by atoms with E-state index in [0.717, 1.165) is 5.56 Å². The van der Waals surface area contributed by atoms with Gasteiger partial charge in [0.15, 0.2) is 17.3 Å². The molecule has 27 heavy (non-hydrogen) atoms. The third-order valence-corrected chi connectivity index (χ3v) is 4.94. The van der Waals surface area contributed by atoms with Crippen LogP contribution in [0.4, 0.5) is 0 Å². The number of rotatable bonds is 4. The molecule has 2 aromatic rings. The Morgan fingerprint density at radius 1 is 1.00 bits per heavy atom. The number of phenolic OH excluding ortho intramolecular Hbond substituents is 3. The predicted octanol–water partition coefficient (Wildman–Crippen LogP) is 2.87. The van der Waals surface area contributed by atoms with Gasteiger partial charge in [-0.2, -0.15) is 0 Å². The molecule has 1 heterocycles. The summed E-state index contributed by atoms with van der Waals surface area (Å²) in [6.45, 7) is 3.30. The number of benzene rings is 2. The molecule has 1 aliphatic rings. The second kappa shape index (κ2) is 6.90. The van der Waals surface area contributed by atoms with Crippen molar-refractivity contribution >= 4 is 5.78 Å². The Hall–Kier alpha value is -3.09. The van der Waals surface area contributed by atoms with Crippen molar-refractivity contribution in [3.8, 4) is 34.5 Å². The summed E-state index contributed by atoms with van der Waals surface area (Å²) >= 11 is 0. The Kier molecular flexibility index (Phi) is 4.78. The zero-order valence-electron chi connectivity index (χ0n) is 15.6. The van der Waals surface area contributed by atoms with Crippen molar-refractivity contribution in [1.82, 2.24) is 0 Å². The molecule has 3 N–H and O–H groups in total. The van der Waals surface area contributed by atoms with Crippen LogP contribution in [-0.4, -0.2) is 41.9 Å². The first-order valence-electron chi connectivity index (χ1n) is 8.46. The lowest BCUT2D eigenvalue weighted by molar-refractivity contribution is 0.0824. The highest BCUT2D eigenvalue weighted by Gasteiger charge is 2.35. The largest absolute Gasteiger partial charge is 0.507 e. The monoisotopic (exact) mass is 374 g/mol. The van der Waals surface area contributed by atoms with Crippen LogP contribution in [0.2, 0.25) is 0 Å². The maximum atomic E-state index is 13.0. The number of phenols is 3. The van der Waals surface area contributed by atoms with Crippen molar-refractivity contribution in [3.63, 3.8) is 0 Å². The predicted molar refractivity (Wildman–Crippen MR) is 97.5 cm³/mol. The van der Waals surface area contributed by atoms with E-state index in [1.165, 1.54) is 14.2 Å². The van der Waals surface area contributed by atoms with Gasteiger partial charge in [0.2, 0.25) is 5.75 Å². The van der Waals surface area contributed by atoms with E-state index in [-0.39, 0.29) is 58.0 Å². The third-order valence-electron chi connectivity index (χ3n) is 4.94. The highest BCUT2D eigenvalue weighted by Crippen LogP contribution is 2.45. The van der Waals surface area contributed by atoms with Crippen molar-refractivity contribution in [2.45, 2.75) is 20.3 Å². The first kappa shape index (κ1) is 18.7. The van der Waals surface area contributed by atoms with E-state index >= 15 is 0 Å². The average molecular weight is 374 g/mol. The maximum Gasteiger partial charge on any atom is 0.200 e. The van der Waals surface area contributed by atoms with Gasteiger partial charge in [0.1, 0.15) is 22.8 Å². The number of ether oxygens (including phenoxy) is 3. The molecule has 144 valence electrons. The zero-order chi connectivity index (χ0) is 19.9. The standard InChI is InChI=1S/C20H22O7/c1-9-16(21)10(2)20-15(17(9)22)18(23)12(8-27-20)5-11-6-13(25-3)19(24)14(7-11)26-4/h6-7,12,21-22,24H,5,8H2,1-4H3. The first-order chi connectivity index (χ1) is 12.8. The normalized spacial score (nSPS) is 15.9. The van der Waals surface area contributed by atoms with Crippen LogP contribution in [0.5, 0.6) is 34.5 Å². The minimum absolute atomic E-state index is 0.0782. The van der Waals surface area contributed by atoms with Gasteiger partial charge in [0.25, 0.3) is 0 Å². The summed E-state index contributed by atoms with van der Waals surface area (Å²) in [5.41, 5.74) is 1.49. The summed E-state index contributed by atoms with van der Waals surface area (Å²) in [6, 6.07) is 3.27. The molecule has 0 aliphatic carbocycles. The number of Topliss-reactive ketones (excluding diaryl/α,β-unsaturated/α-hetero) is 1. The van der Waals surface area contributed by atoms with Gasteiger partial charge in [-0.15, -0.1) is 0 Å². The van der Waals surface area contributed by atoms with Crippen molar-refractivity contribution in [2.24, 2.45) is 5.92 Å². The third kappa shape index (κ3) is 2.99. The molecular weight excluding hydrogens is 352 g/mol. The van der Waals surface area contributed by atoms with Gasteiger partial charge >= 0.3 is 0 Å². The van der Waals surface area contributed by atoms with Crippen LogP contribution in [0.15, 0.2) is 12.1 Å². The van der Waals surface area contributed by atoms with E-state index in [0.29, 0.717) is 12.0 Å². The van der Waals surface area contributed by atoms with Crippen LogP contribution >= 0.6 is 0 Å². The molecular formula is C20H22O7.